The third-order valence-electron chi connectivity index (χ3n) is 5.16. The molecule has 0 amide bonds. The summed E-state index contributed by atoms with van der Waals surface area (Å²) in [5.41, 5.74) is 3.39. The van der Waals surface area contributed by atoms with Crippen LogP contribution in [0, 0.1) is 12.8 Å². The van der Waals surface area contributed by atoms with Crippen LogP contribution in [0.2, 0.25) is 0 Å². The van der Waals surface area contributed by atoms with E-state index >= 15 is 0 Å². The van der Waals surface area contributed by atoms with E-state index in [0.29, 0.717) is 6.61 Å². The fourth-order valence-electron chi connectivity index (χ4n) is 3.65. The largest absolute Gasteiger partial charge is 0.487 e. The molecule has 1 atom stereocenters. The lowest BCUT2D eigenvalue weighted by atomic mass is 10.0. The van der Waals surface area contributed by atoms with Crippen LogP contribution in [0.5, 0.6) is 5.75 Å². The third kappa shape index (κ3) is 3.67. The molecule has 3 heteroatoms. The Kier molecular flexibility index (Phi) is 4.79. The zero-order valence-electron chi connectivity index (χ0n) is 15.6. The number of hydrogen-bond acceptors (Lipinski definition) is 3. The molecule has 0 N–H and O–H groups in total. The second kappa shape index (κ2) is 7.36. The van der Waals surface area contributed by atoms with Gasteiger partial charge in [0.15, 0.2) is 0 Å². The molecule has 3 nitrogen and oxygen atoms in total. The molecular weight excluding hydrogens is 320 g/mol. The lowest BCUT2D eigenvalue weighted by Gasteiger charge is -2.32. The Morgan fingerprint density at radius 1 is 1.08 bits per heavy atom. The zero-order valence-corrected chi connectivity index (χ0v) is 15.6. The number of ether oxygens (including phenoxy) is 1. The van der Waals surface area contributed by atoms with Gasteiger partial charge in [-0.1, -0.05) is 48.9 Å². The highest BCUT2D eigenvalue weighted by atomic mass is 16.5. The van der Waals surface area contributed by atoms with Gasteiger partial charge >= 0.3 is 0 Å². The fourth-order valence-corrected chi connectivity index (χ4v) is 3.65. The normalized spacial score (nSPS) is 17.5. The number of fused-ring (bicyclic) bond motifs is 1. The summed E-state index contributed by atoms with van der Waals surface area (Å²) in [5, 5.41) is 1.13. The maximum absolute atomic E-state index is 6.13. The Hall–Kier alpha value is -2.55. The molecule has 0 bridgehead atoms. The number of anilines is 1. The number of hydrogen-bond donors (Lipinski definition) is 0. The highest BCUT2D eigenvalue weighted by Crippen LogP contribution is 2.29. The number of benzene rings is 2. The van der Waals surface area contributed by atoms with Gasteiger partial charge in [0.1, 0.15) is 23.7 Å². The number of piperidine rings is 1. The van der Waals surface area contributed by atoms with Gasteiger partial charge in [-0.15, -0.1) is 0 Å². The molecule has 1 aromatic heterocycles. The average molecular weight is 346 g/mol. The van der Waals surface area contributed by atoms with Crippen molar-refractivity contribution in [1.82, 2.24) is 4.98 Å². The van der Waals surface area contributed by atoms with Gasteiger partial charge in [-0.05, 0) is 49.4 Å². The molecule has 4 rings (SSSR count). The van der Waals surface area contributed by atoms with Crippen molar-refractivity contribution in [2.75, 3.05) is 18.0 Å². The van der Waals surface area contributed by atoms with Gasteiger partial charge in [0.2, 0.25) is 0 Å². The Labute approximate surface area is 155 Å². The number of para-hydroxylation sites is 1. The minimum absolute atomic E-state index is 0.562. The van der Waals surface area contributed by atoms with E-state index in [9.17, 15) is 0 Å². The summed E-state index contributed by atoms with van der Waals surface area (Å²) in [5.74, 6) is 2.65. The highest BCUT2D eigenvalue weighted by molar-refractivity contribution is 5.86. The van der Waals surface area contributed by atoms with E-state index < -0.39 is 0 Å². The quantitative estimate of drug-likeness (QED) is 0.636. The molecule has 0 saturated carbocycles. The van der Waals surface area contributed by atoms with E-state index in [1.54, 1.807) is 0 Å². The molecule has 1 aliphatic heterocycles. The highest BCUT2D eigenvalue weighted by Gasteiger charge is 2.18. The van der Waals surface area contributed by atoms with Gasteiger partial charge in [0, 0.05) is 18.5 Å². The molecule has 1 fully saturated rings. The van der Waals surface area contributed by atoms with E-state index in [2.05, 4.69) is 61.2 Å². The van der Waals surface area contributed by atoms with Crippen molar-refractivity contribution in [3.8, 4) is 5.75 Å². The number of aromatic nitrogens is 1. The summed E-state index contributed by atoms with van der Waals surface area (Å²) in [6.45, 7) is 7.16. The van der Waals surface area contributed by atoms with E-state index in [1.807, 2.05) is 12.1 Å². The molecule has 1 saturated heterocycles. The van der Waals surface area contributed by atoms with Crippen LogP contribution in [0.4, 0.5) is 5.82 Å². The minimum Gasteiger partial charge on any atom is -0.487 e. The predicted molar refractivity (Wildman–Crippen MR) is 108 cm³/mol. The summed E-state index contributed by atoms with van der Waals surface area (Å²) >= 11 is 0. The van der Waals surface area contributed by atoms with Crippen molar-refractivity contribution in [2.24, 2.45) is 5.92 Å². The third-order valence-corrected chi connectivity index (χ3v) is 5.16. The lowest BCUT2D eigenvalue weighted by molar-refractivity contribution is 0.309. The maximum atomic E-state index is 6.13. The molecule has 0 spiro atoms. The standard InChI is InChI=1S/C23H26N2O/c1-17-8-10-19(11-9-17)16-26-21-7-3-6-20-12-13-22(24-23(20)21)25-14-4-5-18(2)15-25/h3,6-13,18H,4-5,14-16H2,1-2H3. The Morgan fingerprint density at radius 3 is 2.73 bits per heavy atom. The molecule has 1 aliphatic rings. The van der Waals surface area contributed by atoms with Crippen molar-refractivity contribution < 1.29 is 4.74 Å². The monoisotopic (exact) mass is 346 g/mol. The molecule has 0 radical (unpaired) electrons. The summed E-state index contributed by atoms with van der Waals surface area (Å²) in [4.78, 5) is 7.37. The summed E-state index contributed by atoms with van der Waals surface area (Å²) < 4.78 is 6.13. The zero-order chi connectivity index (χ0) is 17.9. The van der Waals surface area contributed by atoms with Crippen molar-refractivity contribution in [2.45, 2.75) is 33.3 Å². The summed E-state index contributed by atoms with van der Waals surface area (Å²) in [6, 6.07) is 18.9. The molecular formula is C23H26N2O. The molecule has 26 heavy (non-hydrogen) atoms. The summed E-state index contributed by atoms with van der Waals surface area (Å²) in [7, 11) is 0. The van der Waals surface area contributed by atoms with Crippen molar-refractivity contribution in [3.05, 3.63) is 65.7 Å². The van der Waals surface area contributed by atoms with E-state index in [0.717, 1.165) is 41.5 Å². The van der Waals surface area contributed by atoms with Crippen LogP contribution < -0.4 is 9.64 Å². The second-order valence-electron chi connectivity index (χ2n) is 7.47. The number of pyridine rings is 1. The first kappa shape index (κ1) is 16.9. The van der Waals surface area contributed by atoms with Crippen LogP contribution in [-0.4, -0.2) is 18.1 Å². The Balaban J connectivity index is 1.59. The van der Waals surface area contributed by atoms with Gasteiger partial charge in [0.25, 0.3) is 0 Å². The first-order valence-corrected chi connectivity index (χ1v) is 9.52. The molecule has 2 heterocycles. The Morgan fingerprint density at radius 2 is 1.92 bits per heavy atom. The van der Waals surface area contributed by atoms with Crippen LogP contribution in [-0.2, 0) is 6.61 Å². The molecule has 0 aliphatic carbocycles. The number of rotatable bonds is 4. The van der Waals surface area contributed by atoms with Gasteiger partial charge in [0.05, 0.1) is 0 Å². The van der Waals surface area contributed by atoms with Crippen LogP contribution in [0.1, 0.15) is 30.9 Å². The second-order valence-corrected chi connectivity index (χ2v) is 7.47. The van der Waals surface area contributed by atoms with E-state index in [1.165, 1.54) is 24.0 Å². The molecule has 134 valence electrons. The molecule has 1 unspecified atom stereocenters. The predicted octanol–water partition coefficient (Wildman–Crippen LogP) is 5.36. The van der Waals surface area contributed by atoms with Crippen molar-refractivity contribution in [1.29, 1.82) is 0 Å². The average Bonchev–Trinajstić information content (AvgIpc) is 2.67. The van der Waals surface area contributed by atoms with Gasteiger partial charge in [-0.25, -0.2) is 4.98 Å². The number of nitrogens with zero attached hydrogens (tertiary/aromatic N) is 2. The van der Waals surface area contributed by atoms with Crippen LogP contribution >= 0.6 is 0 Å². The Bertz CT molecular complexity index is 888. The molecule has 3 aromatic rings. The van der Waals surface area contributed by atoms with E-state index in [-0.39, 0.29) is 0 Å². The van der Waals surface area contributed by atoms with Crippen LogP contribution in [0.15, 0.2) is 54.6 Å². The van der Waals surface area contributed by atoms with Gasteiger partial charge in [-0.3, -0.25) is 0 Å². The van der Waals surface area contributed by atoms with Crippen molar-refractivity contribution >= 4 is 16.7 Å². The van der Waals surface area contributed by atoms with Crippen molar-refractivity contribution in [3.63, 3.8) is 0 Å². The van der Waals surface area contributed by atoms with Gasteiger partial charge in [-0.2, -0.15) is 0 Å². The lowest BCUT2D eigenvalue weighted by Crippen LogP contribution is -2.34. The minimum atomic E-state index is 0.562. The first-order valence-electron chi connectivity index (χ1n) is 9.52. The van der Waals surface area contributed by atoms with Crippen LogP contribution in [0.25, 0.3) is 10.9 Å². The van der Waals surface area contributed by atoms with Crippen LogP contribution in [0.3, 0.4) is 0 Å². The van der Waals surface area contributed by atoms with Gasteiger partial charge < -0.3 is 9.64 Å². The summed E-state index contributed by atoms with van der Waals surface area (Å²) in [6.07, 6.45) is 2.56. The van der Waals surface area contributed by atoms with E-state index in [4.69, 9.17) is 9.72 Å². The fraction of sp³-hybridized carbons (Fsp3) is 0.348. The SMILES string of the molecule is Cc1ccc(COc2cccc3ccc(N4CCCC(C)C4)nc23)cc1. The number of aryl methyl sites for hydroxylation is 1. The molecule has 2 aromatic carbocycles. The first-order chi connectivity index (χ1) is 12.7. The smallest absolute Gasteiger partial charge is 0.146 e. The maximum Gasteiger partial charge on any atom is 0.146 e. The topological polar surface area (TPSA) is 25.4 Å².